The predicted molar refractivity (Wildman–Crippen MR) is 251 cm³/mol. The number of likely N-dealkylation sites (N-methyl/N-ethyl adjacent to an activating group) is 1. The van der Waals surface area contributed by atoms with Crippen molar-refractivity contribution in [3.63, 3.8) is 0 Å². The van der Waals surface area contributed by atoms with Gasteiger partial charge >= 0.3 is 6.09 Å². The van der Waals surface area contributed by atoms with Crippen molar-refractivity contribution in [3.8, 4) is 17.2 Å². The standard InChI is InChI=1S/C48H61ClN6O9/c1-8-50-34-15-13-31(14-16-34)44(45(56)51-17-20-60-23-24-61-21-18-52-47(58)64-48(2,3)4)63-40-28-39-43(36-12-10-9-11-35(36)40)33(29-49)30-55(39)46(57)38-25-32-26-42(62-22-19-54(5)6)41(59-7)27-37(32)53-38/h9-16,25-28,33,44,50,53H,8,17-24,29-30H2,1-7H3,(H,51,56)(H,52,58)/t33-,44?/m1/s1. The van der Waals surface area contributed by atoms with E-state index < -0.39 is 17.8 Å². The molecule has 1 unspecified atom stereocenters. The van der Waals surface area contributed by atoms with Crippen molar-refractivity contribution in [1.29, 1.82) is 0 Å². The van der Waals surface area contributed by atoms with E-state index in [0.29, 0.717) is 79.6 Å². The van der Waals surface area contributed by atoms with Crippen molar-refractivity contribution in [2.24, 2.45) is 0 Å². The fourth-order valence-corrected chi connectivity index (χ4v) is 7.67. The second kappa shape index (κ2) is 22.2. The summed E-state index contributed by atoms with van der Waals surface area (Å²) in [6.45, 7) is 11.4. The monoisotopic (exact) mass is 900 g/mol. The molecule has 1 aromatic heterocycles. The van der Waals surface area contributed by atoms with Gasteiger partial charge in [0.1, 0.15) is 23.7 Å². The van der Waals surface area contributed by atoms with Crippen LogP contribution in [0, 0.1) is 0 Å². The molecule has 4 N–H and O–H groups in total. The number of aromatic nitrogens is 1. The Bertz CT molecular complexity index is 2360. The number of amides is 3. The highest BCUT2D eigenvalue weighted by Gasteiger charge is 2.36. The number of methoxy groups -OCH3 is 1. The van der Waals surface area contributed by atoms with Gasteiger partial charge in [-0.15, -0.1) is 11.6 Å². The number of halogens is 1. The van der Waals surface area contributed by atoms with Crippen molar-refractivity contribution in [2.75, 3.05) is 103 Å². The lowest BCUT2D eigenvalue weighted by molar-refractivity contribution is -0.128. The molecular formula is C48H61ClN6O9. The van der Waals surface area contributed by atoms with Gasteiger partial charge in [-0.2, -0.15) is 0 Å². The molecule has 64 heavy (non-hydrogen) atoms. The predicted octanol–water partition coefficient (Wildman–Crippen LogP) is 7.48. The van der Waals surface area contributed by atoms with Gasteiger partial charge in [-0.05, 0) is 77.0 Å². The summed E-state index contributed by atoms with van der Waals surface area (Å²) in [5, 5.41) is 11.4. The van der Waals surface area contributed by atoms with E-state index in [0.717, 1.165) is 46.0 Å². The first kappa shape index (κ1) is 47.7. The number of carbonyl (C=O) groups is 3. The minimum atomic E-state index is -1.05. The number of nitrogens with zero attached hydrogens (tertiary/aromatic N) is 2. The maximum absolute atomic E-state index is 14.6. The first-order chi connectivity index (χ1) is 30.8. The van der Waals surface area contributed by atoms with Crippen LogP contribution in [-0.4, -0.2) is 126 Å². The summed E-state index contributed by atoms with van der Waals surface area (Å²) in [4.78, 5) is 47.6. The van der Waals surface area contributed by atoms with Crippen LogP contribution in [0.4, 0.5) is 16.2 Å². The number of fused-ring (bicyclic) bond motifs is 4. The Labute approximate surface area is 380 Å². The molecule has 0 aliphatic carbocycles. The fourth-order valence-electron chi connectivity index (χ4n) is 7.42. The van der Waals surface area contributed by atoms with Gasteiger partial charge in [0.25, 0.3) is 11.8 Å². The molecular weight excluding hydrogens is 840 g/mol. The number of anilines is 2. The lowest BCUT2D eigenvalue weighted by Crippen LogP contribution is -2.35. The van der Waals surface area contributed by atoms with E-state index in [4.69, 9.17) is 40.0 Å². The van der Waals surface area contributed by atoms with Crippen LogP contribution in [0.1, 0.15) is 61.3 Å². The number of hydrogen-bond donors (Lipinski definition) is 4. The molecule has 0 saturated carbocycles. The number of ether oxygens (including phenoxy) is 6. The molecule has 0 radical (unpaired) electrons. The van der Waals surface area contributed by atoms with Gasteiger partial charge in [0, 0.05) is 84.2 Å². The highest BCUT2D eigenvalue weighted by atomic mass is 35.5. The summed E-state index contributed by atoms with van der Waals surface area (Å²) in [7, 11) is 5.55. The quantitative estimate of drug-likeness (QED) is 0.0402. The number of alkyl carbamates (subject to hydrolysis) is 1. The Morgan fingerprint density at radius 1 is 0.875 bits per heavy atom. The van der Waals surface area contributed by atoms with Gasteiger partial charge in [-0.1, -0.05) is 36.4 Å². The normalized spacial score (nSPS) is 14.1. The second-order valence-corrected chi connectivity index (χ2v) is 16.9. The summed E-state index contributed by atoms with van der Waals surface area (Å²) < 4.78 is 34.9. The molecule has 16 heteroatoms. The van der Waals surface area contributed by atoms with E-state index in [1.54, 1.807) is 32.8 Å². The lowest BCUT2D eigenvalue weighted by atomic mass is 9.95. The molecule has 2 heterocycles. The number of rotatable bonds is 22. The van der Waals surface area contributed by atoms with E-state index in [2.05, 4.69) is 20.9 Å². The number of carbonyl (C=O) groups excluding carboxylic acids is 3. The molecule has 0 fully saturated rings. The van der Waals surface area contributed by atoms with Crippen LogP contribution < -0.4 is 35.1 Å². The molecule has 344 valence electrons. The van der Waals surface area contributed by atoms with E-state index in [1.165, 1.54) is 0 Å². The molecule has 1 aliphatic rings. The number of aromatic amines is 1. The third-order valence-corrected chi connectivity index (χ3v) is 10.8. The van der Waals surface area contributed by atoms with E-state index in [-0.39, 0.29) is 30.9 Å². The van der Waals surface area contributed by atoms with Crippen molar-refractivity contribution in [3.05, 3.63) is 89.6 Å². The first-order valence-corrected chi connectivity index (χ1v) is 22.2. The number of nitrogens with one attached hydrogen (secondary N) is 4. The van der Waals surface area contributed by atoms with Crippen molar-refractivity contribution >= 4 is 62.6 Å². The van der Waals surface area contributed by atoms with E-state index in [9.17, 15) is 14.4 Å². The van der Waals surface area contributed by atoms with Gasteiger partial charge in [-0.3, -0.25) is 9.59 Å². The van der Waals surface area contributed by atoms with Gasteiger partial charge in [0.15, 0.2) is 11.5 Å². The molecule has 0 saturated heterocycles. The Morgan fingerprint density at radius 3 is 2.23 bits per heavy atom. The third kappa shape index (κ3) is 12.3. The minimum absolute atomic E-state index is 0.155. The van der Waals surface area contributed by atoms with Crippen LogP contribution >= 0.6 is 11.6 Å². The molecule has 15 nitrogen and oxygen atoms in total. The van der Waals surface area contributed by atoms with Crippen LogP contribution in [0.2, 0.25) is 0 Å². The summed E-state index contributed by atoms with van der Waals surface area (Å²) in [6.07, 6.45) is -1.55. The number of alkyl halides is 1. The molecule has 0 spiro atoms. The average molecular weight is 902 g/mol. The number of H-pyrrole nitrogens is 1. The summed E-state index contributed by atoms with van der Waals surface area (Å²) >= 11 is 6.64. The number of benzene rings is 4. The SMILES string of the molecule is CCNc1ccc(C(Oc2cc3c(c4ccccc24)[C@H](CCl)CN3C(=O)c2cc3cc(OCCN(C)C)c(OC)cc3[nH]2)C(=O)NCCOCCOCCNC(=O)OC(C)(C)C)cc1. The Balaban J connectivity index is 1.20. The molecule has 1 aliphatic heterocycles. The van der Waals surface area contributed by atoms with Crippen LogP contribution in [0.15, 0.2) is 72.8 Å². The van der Waals surface area contributed by atoms with Gasteiger partial charge in [-0.25, -0.2) is 4.79 Å². The average Bonchev–Trinajstić information content (AvgIpc) is 3.86. The Morgan fingerprint density at radius 2 is 1.58 bits per heavy atom. The molecule has 4 aromatic carbocycles. The molecule has 5 aromatic rings. The van der Waals surface area contributed by atoms with Crippen molar-refractivity contribution in [2.45, 2.75) is 45.3 Å². The maximum atomic E-state index is 14.6. The smallest absolute Gasteiger partial charge is 0.407 e. The van der Waals surface area contributed by atoms with Gasteiger partial charge in [0.05, 0.1) is 39.2 Å². The van der Waals surface area contributed by atoms with E-state index >= 15 is 0 Å². The third-order valence-electron chi connectivity index (χ3n) is 10.4. The van der Waals surface area contributed by atoms with Gasteiger partial charge < -0.3 is 59.2 Å². The van der Waals surface area contributed by atoms with E-state index in [1.807, 2.05) is 98.7 Å². The molecule has 0 bridgehead atoms. The first-order valence-electron chi connectivity index (χ1n) is 21.6. The minimum Gasteiger partial charge on any atom is -0.493 e. The zero-order valence-electron chi connectivity index (χ0n) is 37.8. The molecule has 2 atom stereocenters. The number of hydrogen-bond acceptors (Lipinski definition) is 11. The Kier molecular flexibility index (Phi) is 16.6. The molecule has 3 amide bonds. The zero-order chi connectivity index (χ0) is 45.8. The Hall–Kier alpha value is -5.74. The van der Waals surface area contributed by atoms with Crippen molar-refractivity contribution < 1.29 is 42.8 Å². The second-order valence-electron chi connectivity index (χ2n) is 16.6. The van der Waals surface area contributed by atoms with Crippen LogP contribution in [0.3, 0.4) is 0 Å². The van der Waals surface area contributed by atoms with Crippen molar-refractivity contribution in [1.82, 2.24) is 20.5 Å². The van der Waals surface area contributed by atoms with Crippen LogP contribution in [0.5, 0.6) is 17.2 Å². The maximum Gasteiger partial charge on any atom is 0.407 e. The topological polar surface area (TPSA) is 165 Å². The summed E-state index contributed by atoms with van der Waals surface area (Å²) in [6, 6.07) is 22.8. The van der Waals surface area contributed by atoms with Crippen LogP contribution in [-0.2, 0) is 19.0 Å². The highest BCUT2D eigenvalue weighted by molar-refractivity contribution is 6.19. The van der Waals surface area contributed by atoms with Crippen LogP contribution in [0.25, 0.3) is 21.7 Å². The zero-order valence-corrected chi connectivity index (χ0v) is 38.6. The largest absolute Gasteiger partial charge is 0.493 e. The fraction of sp³-hybridized carbons (Fsp3) is 0.438. The highest BCUT2D eigenvalue weighted by Crippen LogP contribution is 2.47. The molecule has 6 rings (SSSR count). The van der Waals surface area contributed by atoms with Gasteiger partial charge in [0.2, 0.25) is 6.10 Å². The summed E-state index contributed by atoms with van der Waals surface area (Å²) in [5.41, 5.74) is 3.70. The lowest BCUT2D eigenvalue weighted by Gasteiger charge is -2.23. The summed E-state index contributed by atoms with van der Waals surface area (Å²) in [5.74, 6) is 1.12.